The number of nitrogens with zero attached hydrogens (tertiary/aromatic N) is 1. The minimum absolute atomic E-state index is 0.0659. The van der Waals surface area contributed by atoms with E-state index in [1.54, 1.807) is 18.3 Å². The molecule has 1 atom stereocenters. The molecule has 1 unspecified atom stereocenters. The summed E-state index contributed by atoms with van der Waals surface area (Å²) in [5.41, 5.74) is 0.752. The van der Waals surface area contributed by atoms with Gasteiger partial charge in [0.1, 0.15) is 0 Å². The highest BCUT2D eigenvalue weighted by molar-refractivity contribution is 7.91. The molecule has 0 radical (unpaired) electrons. The van der Waals surface area contributed by atoms with E-state index in [0.29, 0.717) is 10.8 Å². The van der Waals surface area contributed by atoms with Crippen LogP contribution in [0.4, 0.5) is 0 Å². The van der Waals surface area contributed by atoms with Crippen LogP contribution in [0.3, 0.4) is 0 Å². The number of hydrogen-bond donors (Lipinski definition) is 0. The lowest BCUT2D eigenvalue weighted by atomic mass is 9.94. The third-order valence-corrected chi connectivity index (χ3v) is 4.50. The smallest absolute Gasteiger partial charge is 0.180 e. The van der Waals surface area contributed by atoms with Gasteiger partial charge >= 0.3 is 0 Å². The highest BCUT2D eigenvalue weighted by Crippen LogP contribution is 2.37. The highest BCUT2D eigenvalue weighted by atomic mass is 32.2. The fourth-order valence-corrected chi connectivity index (χ4v) is 3.86. The predicted octanol–water partition coefficient (Wildman–Crippen LogP) is 1.61. The number of pyridine rings is 1. The Morgan fingerprint density at radius 2 is 2.21 bits per heavy atom. The van der Waals surface area contributed by atoms with Gasteiger partial charge in [-0.15, -0.1) is 0 Å². The molecule has 0 saturated heterocycles. The van der Waals surface area contributed by atoms with E-state index in [0.717, 1.165) is 5.69 Å². The monoisotopic (exact) mass is 211 g/mol. The van der Waals surface area contributed by atoms with Crippen molar-refractivity contribution in [3.63, 3.8) is 0 Å². The van der Waals surface area contributed by atoms with Crippen LogP contribution >= 0.6 is 0 Å². The molecule has 0 N–H and O–H groups in total. The lowest BCUT2D eigenvalue weighted by Gasteiger charge is -2.12. The molecule has 1 aliphatic heterocycles. The van der Waals surface area contributed by atoms with Crippen molar-refractivity contribution in [3.8, 4) is 0 Å². The summed E-state index contributed by atoms with van der Waals surface area (Å²) in [6.45, 7) is 4.06. The first kappa shape index (κ1) is 9.65. The van der Waals surface area contributed by atoms with Crippen LogP contribution in [0.5, 0.6) is 0 Å². The molecule has 4 heteroatoms. The van der Waals surface area contributed by atoms with E-state index in [-0.39, 0.29) is 11.7 Å². The first-order valence-electron chi connectivity index (χ1n) is 4.70. The zero-order chi connectivity index (χ0) is 10.3. The Labute approximate surface area is 84.1 Å². The average molecular weight is 211 g/mol. The van der Waals surface area contributed by atoms with Crippen molar-refractivity contribution >= 4 is 9.84 Å². The first-order valence-corrected chi connectivity index (χ1v) is 6.35. The van der Waals surface area contributed by atoms with Gasteiger partial charge in [-0.25, -0.2) is 8.42 Å². The van der Waals surface area contributed by atoms with Crippen LogP contribution < -0.4 is 0 Å². The average Bonchev–Trinajstić information content (AvgIpc) is 2.40. The molecular formula is C10H13NO2S. The topological polar surface area (TPSA) is 47.0 Å². The Hall–Kier alpha value is -0.900. The number of sulfone groups is 1. The van der Waals surface area contributed by atoms with Gasteiger partial charge in [0.15, 0.2) is 9.84 Å². The van der Waals surface area contributed by atoms with Crippen molar-refractivity contribution in [2.24, 2.45) is 5.92 Å². The van der Waals surface area contributed by atoms with E-state index in [9.17, 15) is 8.42 Å². The molecule has 0 saturated carbocycles. The summed E-state index contributed by atoms with van der Waals surface area (Å²) in [4.78, 5) is 4.61. The summed E-state index contributed by atoms with van der Waals surface area (Å²) < 4.78 is 23.5. The number of rotatable bonds is 1. The second-order valence-electron chi connectivity index (χ2n) is 4.02. The number of fused-ring (bicyclic) bond motifs is 1. The van der Waals surface area contributed by atoms with Gasteiger partial charge in [0, 0.05) is 12.1 Å². The molecule has 1 aromatic heterocycles. The minimum atomic E-state index is -3.06. The van der Waals surface area contributed by atoms with Crippen LogP contribution in [0.25, 0.3) is 0 Å². The zero-order valence-corrected chi connectivity index (χ0v) is 9.08. The normalized spacial score (nSPS) is 23.8. The van der Waals surface area contributed by atoms with E-state index in [4.69, 9.17) is 0 Å². The summed E-state index contributed by atoms with van der Waals surface area (Å²) in [6.07, 6.45) is 1.66. The van der Waals surface area contributed by atoms with E-state index >= 15 is 0 Å². The van der Waals surface area contributed by atoms with Crippen LogP contribution in [0.2, 0.25) is 0 Å². The number of aromatic nitrogens is 1. The molecule has 0 fully saturated rings. The van der Waals surface area contributed by atoms with E-state index in [1.807, 2.05) is 13.8 Å². The van der Waals surface area contributed by atoms with E-state index in [2.05, 4.69) is 4.98 Å². The molecule has 3 nitrogen and oxygen atoms in total. The van der Waals surface area contributed by atoms with Gasteiger partial charge < -0.3 is 0 Å². The maximum atomic E-state index is 11.7. The molecule has 2 rings (SSSR count). The molecule has 14 heavy (non-hydrogen) atoms. The third kappa shape index (κ3) is 1.34. The lowest BCUT2D eigenvalue weighted by molar-refractivity contribution is 0.525. The molecule has 0 aliphatic carbocycles. The second kappa shape index (κ2) is 3.05. The third-order valence-electron chi connectivity index (χ3n) is 2.69. The Balaban J connectivity index is 2.61. The van der Waals surface area contributed by atoms with Crippen molar-refractivity contribution < 1.29 is 8.42 Å². The summed E-state index contributed by atoms with van der Waals surface area (Å²) >= 11 is 0. The standard InChI is InChI=1S/C10H13NO2S/c1-7(2)8-6-14(12,13)9-4-3-5-11-10(8)9/h3-5,7-8H,6H2,1-2H3. The van der Waals surface area contributed by atoms with Gasteiger partial charge in [-0.3, -0.25) is 4.98 Å². The molecule has 0 bridgehead atoms. The van der Waals surface area contributed by atoms with Crippen LogP contribution in [-0.2, 0) is 9.84 Å². The van der Waals surface area contributed by atoms with Crippen LogP contribution in [-0.4, -0.2) is 19.2 Å². The largest absolute Gasteiger partial charge is 0.260 e. The van der Waals surface area contributed by atoms with Crippen LogP contribution in [0, 0.1) is 5.92 Å². The maximum absolute atomic E-state index is 11.7. The summed E-state index contributed by atoms with van der Waals surface area (Å²) in [6, 6.07) is 3.33. The van der Waals surface area contributed by atoms with Gasteiger partial charge in [0.05, 0.1) is 16.3 Å². The molecule has 1 aliphatic rings. The molecule has 0 spiro atoms. The van der Waals surface area contributed by atoms with Crippen molar-refractivity contribution in [1.82, 2.24) is 4.98 Å². The van der Waals surface area contributed by atoms with Gasteiger partial charge in [-0.1, -0.05) is 13.8 Å². The Morgan fingerprint density at radius 1 is 1.50 bits per heavy atom. The molecule has 0 amide bonds. The van der Waals surface area contributed by atoms with Gasteiger partial charge in [0.2, 0.25) is 0 Å². The molecule has 0 aromatic carbocycles. The van der Waals surface area contributed by atoms with Gasteiger partial charge in [-0.2, -0.15) is 0 Å². The minimum Gasteiger partial charge on any atom is -0.260 e. The lowest BCUT2D eigenvalue weighted by Crippen LogP contribution is -2.09. The second-order valence-corrected chi connectivity index (χ2v) is 6.02. The van der Waals surface area contributed by atoms with Gasteiger partial charge in [0.25, 0.3) is 0 Å². The number of hydrogen-bond acceptors (Lipinski definition) is 3. The summed E-state index contributed by atoms with van der Waals surface area (Å²) in [5, 5.41) is 0. The fraction of sp³-hybridized carbons (Fsp3) is 0.500. The van der Waals surface area contributed by atoms with Crippen molar-refractivity contribution in [3.05, 3.63) is 24.0 Å². The van der Waals surface area contributed by atoms with E-state index < -0.39 is 9.84 Å². The zero-order valence-electron chi connectivity index (χ0n) is 8.27. The molecular weight excluding hydrogens is 198 g/mol. The van der Waals surface area contributed by atoms with Crippen molar-refractivity contribution in [2.45, 2.75) is 24.7 Å². The quantitative estimate of drug-likeness (QED) is 0.709. The van der Waals surface area contributed by atoms with E-state index in [1.165, 1.54) is 0 Å². The van der Waals surface area contributed by atoms with Crippen LogP contribution in [0.15, 0.2) is 23.2 Å². The van der Waals surface area contributed by atoms with Crippen molar-refractivity contribution in [2.75, 3.05) is 5.75 Å². The first-order chi connectivity index (χ1) is 6.52. The van der Waals surface area contributed by atoms with Gasteiger partial charge in [-0.05, 0) is 18.1 Å². The summed E-state index contributed by atoms with van der Waals surface area (Å²) in [5.74, 6) is 0.605. The molecule has 1 aromatic rings. The Kier molecular flexibility index (Phi) is 2.10. The molecule has 76 valence electrons. The van der Waals surface area contributed by atoms with Crippen molar-refractivity contribution in [1.29, 1.82) is 0 Å². The fourth-order valence-electron chi connectivity index (χ4n) is 1.86. The molecule has 2 heterocycles. The Bertz CT molecular complexity index is 451. The summed E-state index contributed by atoms with van der Waals surface area (Å²) in [7, 11) is -3.06. The Morgan fingerprint density at radius 3 is 2.86 bits per heavy atom. The van der Waals surface area contributed by atoms with Crippen LogP contribution in [0.1, 0.15) is 25.5 Å². The predicted molar refractivity (Wildman–Crippen MR) is 53.9 cm³/mol. The maximum Gasteiger partial charge on any atom is 0.180 e. The SMILES string of the molecule is CC(C)C1CS(=O)(=O)c2cccnc21. The highest BCUT2D eigenvalue weighted by Gasteiger charge is 2.37.